The molecule has 8 heteroatoms. The van der Waals surface area contributed by atoms with Gasteiger partial charge in [0.05, 0.1) is 18.4 Å². The molecule has 2 atom stereocenters. The number of furan rings is 1. The summed E-state index contributed by atoms with van der Waals surface area (Å²) in [6.07, 6.45) is 3.77. The molecule has 3 aliphatic heterocycles. The number of para-hydroxylation sites is 1. The highest BCUT2D eigenvalue weighted by Crippen LogP contribution is 2.34. The summed E-state index contributed by atoms with van der Waals surface area (Å²) in [7, 11) is 0. The Morgan fingerprint density at radius 2 is 1.90 bits per heavy atom. The zero-order valence-corrected chi connectivity index (χ0v) is 19.6. The van der Waals surface area contributed by atoms with Crippen molar-refractivity contribution in [1.29, 1.82) is 0 Å². The first-order valence-electron chi connectivity index (χ1n) is 10.9. The fourth-order valence-electron chi connectivity index (χ4n) is 5.12. The van der Waals surface area contributed by atoms with Crippen LogP contribution >= 0.6 is 24.8 Å². The van der Waals surface area contributed by atoms with Crippen LogP contribution in [0, 0.1) is 0 Å². The molecular weight excluding hydrogens is 435 g/mol. The van der Waals surface area contributed by atoms with E-state index in [-0.39, 0.29) is 30.7 Å². The number of halogens is 2. The van der Waals surface area contributed by atoms with Gasteiger partial charge in [-0.15, -0.1) is 24.8 Å². The van der Waals surface area contributed by atoms with Crippen LogP contribution in [0.3, 0.4) is 0 Å². The summed E-state index contributed by atoms with van der Waals surface area (Å²) in [5, 5.41) is 3.41. The zero-order valence-electron chi connectivity index (χ0n) is 18.0. The van der Waals surface area contributed by atoms with Gasteiger partial charge in [0, 0.05) is 57.0 Å². The van der Waals surface area contributed by atoms with E-state index in [1.807, 2.05) is 11.0 Å². The Hall–Kier alpha value is -1.73. The summed E-state index contributed by atoms with van der Waals surface area (Å²) < 4.78 is 5.81. The van der Waals surface area contributed by atoms with Crippen molar-refractivity contribution in [2.24, 2.45) is 0 Å². The van der Waals surface area contributed by atoms with Gasteiger partial charge in [-0.2, -0.15) is 0 Å². The summed E-state index contributed by atoms with van der Waals surface area (Å²) >= 11 is 0. The summed E-state index contributed by atoms with van der Waals surface area (Å²) in [6.45, 7) is 8.79. The van der Waals surface area contributed by atoms with Crippen LogP contribution in [0.1, 0.15) is 35.0 Å². The molecule has 5 rings (SSSR count). The number of carbonyl (C=O) groups excluding carboxylic acids is 1. The Morgan fingerprint density at radius 1 is 1.13 bits per heavy atom. The van der Waals surface area contributed by atoms with E-state index >= 15 is 0 Å². The Kier molecular flexibility index (Phi) is 7.92. The van der Waals surface area contributed by atoms with Gasteiger partial charge in [0.25, 0.3) is 5.91 Å². The third kappa shape index (κ3) is 4.72. The van der Waals surface area contributed by atoms with Crippen LogP contribution in [-0.2, 0) is 13.0 Å². The van der Waals surface area contributed by atoms with Gasteiger partial charge in [-0.3, -0.25) is 9.69 Å². The van der Waals surface area contributed by atoms with Gasteiger partial charge in [-0.05, 0) is 37.5 Å². The minimum absolute atomic E-state index is 0. The fourth-order valence-corrected chi connectivity index (χ4v) is 5.12. The molecule has 0 spiro atoms. The Labute approximate surface area is 196 Å². The number of hydrogen-bond donors (Lipinski definition) is 1. The van der Waals surface area contributed by atoms with Crippen LogP contribution in [0.4, 0.5) is 5.69 Å². The molecular formula is C23H32Cl2N4O2. The summed E-state index contributed by atoms with van der Waals surface area (Å²) in [4.78, 5) is 20.2. The minimum Gasteiger partial charge on any atom is -0.467 e. The number of nitrogens with one attached hydrogen (secondary N) is 1. The molecule has 0 radical (unpaired) electrons. The number of piperazine rings is 1. The highest BCUT2D eigenvalue weighted by atomic mass is 35.5. The molecule has 1 amide bonds. The molecule has 2 unspecified atom stereocenters. The van der Waals surface area contributed by atoms with Crippen molar-refractivity contribution < 1.29 is 9.21 Å². The Balaban J connectivity index is 0.00000136. The van der Waals surface area contributed by atoms with Crippen LogP contribution in [0.15, 0.2) is 41.0 Å². The molecule has 31 heavy (non-hydrogen) atoms. The van der Waals surface area contributed by atoms with Crippen molar-refractivity contribution in [2.75, 3.05) is 44.2 Å². The SMILES string of the molecule is CC1Cc2ccccc2N1Cc1occc1C(=O)N1CCC(N2CCNCC2)C1.Cl.Cl. The van der Waals surface area contributed by atoms with Crippen molar-refractivity contribution in [3.8, 4) is 0 Å². The van der Waals surface area contributed by atoms with Crippen LogP contribution in [0.5, 0.6) is 0 Å². The van der Waals surface area contributed by atoms with E-state index in [2.05, 4.69) is 46.3 Å². The van der Waals surface area contributed by atoms with Gasteiger partial charge >= 0.3 is 0 Å². The fraction of sp³-hybridized carbons (Fsp3) is 0.522. The topological polar surface area (TPSA) is 52.0 Å². The van der Waals surface area contributed by atoms with E-state index in [1.54, 1.807) is 6.26 Å². The highest BCUT2D eigenvalue weighted by molar-refractivity contribution is 5.95. The van der Waals surface area contributed by atoms with E-state index in [9.17, 15) is 4.79 Å². The Bertz CT molecular complexity index is 884. The van der Waals surface area contributed by atoms with Crippen LogP contribution < -0.4 is 10.2 Å². The van der Waals surface area contributed by atoms with Crippen molar-refractivity contribution in [3.63, 3.8) is 0 Å². The molecule has 2 saturated heterocycles. The number of benzene rings is 1. The second kappa shape index (κ2) is 10.3. The summed E-state index contributed by atoms with van der Waals surface area (Å²) in [5.74, 6) is 0.899. The van der Waals surface area contributed by atoms with E-state index < -0.39 is 0 Å². The minimum atomic E-state index is 0. The lowest BCUT2D eigenvalue weighted by Crippen LogP contribution is -2.49. The molecule has 0 saturated carbocycles. The third-order valence-corrected chi connectivity index (χ3v) is 6.76. The lowest BCUT2D eigenvalue weighted by atomic mass is 10.1. The molecule has 1 aromatic carbocycles. The molecule has 1 N–H and O–H groups in total. The van der Waals surface area contributed by atoms with Gasteiger partial charge in [0.1, 0.15) is 5.76 Å². The maximum Gasteiger partial charge on any atom is 0.257 e. The van der Waals surface area contributed by atoms with Gasteiger partial charge in [-0.1, -0.05) is 18.2 Å². The standard InChI is InChI=1S/C23H30N4O2.2ClH/c1-17-14-18-4-2-3-5-21(18)27(17)16-22-20(7-13-29-22)23(28)26-10-6-19(15-26)25-11-8-24-9-12-25;;/h2-5,7,13,17,19,24H,6,8-12,14-16H2,1H3;2*1H. The van der Waals surface area contributed by atoms with E-state index in [1.165, 1.54) is 11.3 Å². The molecule has 6 nitrogen and oxygen atoms in total. The number of amides is 1. The number of hydrogen-bond acceptors (Lipinski definition) is 5. The number of carbonyl (C=O) groups is 1. The number of rotatable bonds is 4. The smallest absolute Gasteiger partial charge is 0.257 e. The van der Waals surface area contributed by atoms with Gasteiger partial charge in [0.15, 0.2) is 0 Å². The number of likely N-dealkylation sites (tertiary alicyclic amines) is 1. The third-order valence-electron chi connectivity index (χ3n) is 6.76. The molecule has 2 fully saturated rings. The van der Waals surface area contributed by atoms with Crippen LogP contribution in [0.25, 0.3) is 0 Å². The van der Waals surface area contributed by atoms with Crippen molar-refractivity contribution in [3.05, 3.63) is 53.5 Å². The maximum absolute atomic E-state index is 13.3. The predicted molar refractivity (Wildman–Crippen MR) is 128 cm³/mol. The summed E-state index contributed by atoms with van der Waals surface area (Å²) in [5.41, 5.74) is 3.36. The van der Waals surface area contributed by atoms with E-state index in [0.29, 0.717) is 18.6 Å². The zero-order chi connectivity index (χ0) is 19.8. The average Bonchev–Trinajstić information content (AvgIpc) is 3.48. The summed E-state index contributed by atoms with van der Waals surface area (Å²) in [6, 6.07) is 11.3. The first-order valence-corrected chi connectivity index (χ1v) is 10.9. The lowest BCUT2D eigenvalue weighted by Gasteiger charge is -2.32. The second-order valence-corrected chi connectivity index (χ2v) is 8.55. The van der Waals surface area contributed by atoms with Gasteiger partial charge in [0.2, 0.25) is 0 Å². The molecule has 2 aromatic rings. The molecule has 0 bridgehead atoms. The number of fused-ring (bicyclic) bond motifs is 1. The molecule has 0 aliphatic carbocycles. The molecule has 170 valence electrons. The molecule has 4 heterocycles. The average molecular weight is 467 g/mol. The van der Waals surface area contributed by atoms with Crippen molar-refractivity contribution in [1.82, 2.24) is 15.1 Å². The Morgan fingerprint density at radius 3 is 2.71 bits per heavy atom. The number of anilines is 1. The van der Waals surface area contributed by atoms with Crippen LogP contribution in [-0.4, -0.2) is 67.1 Å². The first-order chi connectivity index (χ1) is 14.2. The maximum atomic E-state index is 13.3. The number of nitrogens with zero attached hydrogens (tertiary/aromatic N) is 3. The highest BCUT2D eigenvalue weighted by Gasteiger charge is 2.34. The first kappa shape index (κ1) is 23.9. The van der Waals surface area contributed by atoms with E-state index in [0.717, 1.165) is 63.4 Å². The van der Waals surface area contributed by atoms with Crippen molar-refractivity contribution >= 4 is 36.4 Å². The lowest BCUT2D eigenvalue weighted by molar-refractivity contribution is 0.0771. The molecule has 3 aliphatic rings. The monoisotopic (exact) mass is 466 g/mol. The second-order valence-electron chi connectivity index (χ2n) is 8.55. The van der Waals surface area contributed by atoms with Crippen LogP contribution in [0.2, 0.25) is 0 Å². The largest absolute Gasteiger partial charge is 0.467 e. The van der Waals surface area contributed by atoms with Gasteiger partial charge in [-0.25, -0.2) is 0 Å². The van der Waals surface area contributed by atoms with E-state index in [4.69, 9.17) is 4.42 Å². The quantitative estimate of drug-likeness (QED) is 0.749. The van der Waals surface area contributed by atoms with Gasteiger partial charge < -0.3 is 19.5 Å². The normalized spacial score (nSPS) is 23.3. The predicted octanol–water partition coefficient (Wildman–Crippen LogP) is 3.19. The molecule has 1 aromatic heterocycles. The van der Waals surface area contributed by atoms with Crippen molar-refractivity contribution in [2.45, 2.75) is 38.4 Å².